The van der Waals surface area contributed by atoms with Crippen molar-refractivity contribution in [3.05, 3.63) is 41.6 Å². The number of anilines is 1. The van der Waals surface area contributed by atoms with E-state index in [1.54, 1.807) is 0 Å². The molecule has 3 rings (SSSR count). The lowest BCUT2D eigenvalue weighted by Crippen LogP contribution is -2.37. The number of rotatable bonds is 7. The highest BCUT2D eigenvalue weighted by Gasteiger charge is 2.26. The Kier molecular flexibility index (Phi) is 6.40. The highest BCUT2D eigenvalue weighted by atomic mass is 16.2. The molecular weight excluding hydrogens is 338 g/mol. The first-order chi connectivity index (χ1) is 13.1. The van der Waals surface area contributed by atoms with Crippen LogP contribution in [0, 0.1) is 0 Å². The maximum atomic E-state index is 12.6. The molecule has 27 heavy (non-hydrogen) atoms. The Morgan fingerprint density at radius 1 is 1.15 bits per heavy atom. The molecule has 0 saturated carbocycles. The number of fused-ring (bicyclic) bond motifs is 1. The quantitative estimate of drug-likeness (QED) is 0.762. The first-order valence-corrected chi connectivity index (χ1v) is 9.70. The van der Waals surface area contributed by atoms with E-state index in [4.69, 9.17) is 15.7 Å². The van der Waals surface area contributed by atoms with Gasteiger partial charge in [-0.25, -0.2) is 9.97 Å². The predicted molar refractivity (Wildman–Crippen MR) is 108 cm³/mol. The molecule has 144 valence electrons. The summed E-state index contributed by atoms with van der Waals surface area (Å²) in [4.78, 5) is 26.2. The minimum absolute atomic E-state index is 0.212. The standard InChI is InChI=1S/C21H29N5O/c1-25(2)21-17-12-14-26(19(27)11-7-4-8-13-22)15-18(17)23-20(24-21)16-9-5-3-6-10-16/h3,5-6,9-10H,4,7-8,11-15,22H2,1-2H3. The molecule has 1 amide bonds. The second kappa shape index (κ2) is 8.95. The molecule has 1 aliphatic rings. The van der Waals surface area contributed by atoms with Crippen LogP contribution < -0.4 is 10.6 Å². The fourth-order valence-electron chi connectivity index (χ4n) is 3.47. The van der Waals surface area contributed by atoms with Crippen LogP contribution in [0.25, 0.3) is 11.4 Å². The van der Waals surface area contributed by atoms with E-state index in [2.05, 4.69) is 0 Å². The third kappa shape index (κ3) is 4.63. The number of hydrogen-bond donors (Lipinski definition) is 1. The average molecular weight is 367 g/mol. The molecular formula is C21H29N5O. The van der Waals surface area contributed by atoms with Crippen LogP contribution >= 0.6 is 0 Å². The van der Waals surface area contributed by atoms with Gasteiger partial charge in [0.25, 0.3) is 0 Å². The number of hydrogen-bond acceptors (Lipinski definition) is 5. The van der Waals surface area contributed by atoms with Crippen molar-refractivity contribution in [1.82, 2.24) is 14.9 Å². The van der Waals surface area contributed by atoms with Crippen LogP contribution in [0.1, 0.15) is 36.9 Å². The van der Waals surface area contributed by atoms with E-state index in [-0.39, 0.29) is 5.91 Å². The fraction of sp³-hybridized carbons (Fsp3) is 0.476. The van der Waals surface area contributed by atoms with Gasteiger partial charge in [0.2, 0.25) is 5.91 Å². The molecule has 0 unspecified atom stereocenters. The molecule has 0 fully saturated rings. The van der Waals surface area contributed by atoms with Crippen LogP contribution in [0.15, 0.2) is 30.3 Å². The Morgan fingerprint density at radius 2 is 1.93 bits per heavy atom. The molecule has 2 heterocycles. The molecule has 2 aromatic rings. The van der Waals surface area contributed by atoms with Crippen molar-refractivity contribution in [3.63, 3.8) is 0 Å². The molecule has 6 nitrogen and oxygen atoms in total. The molecule has 0 radical (unpaired) electrons. The normalized spacial score (nSPS) is 13.4. The minimum atomic E-state index is 0.212. The van der Waals surface area contributed by atoms with Crippen molar-refractivity contribution in [2.45, 2.75) is 38.6 Å². The van der Waals surface area contributed by atoms with Crippen molar-refractivity contribution in [2.75, 3.05) is 32.1 Å². The van der Waals surface area contributed by atoms with Crippen molar-refractivity contribution < 1.29 is 4.79 Å². The first-order valence-electron chi connectivity index (χ1n) is 9.70. The second-order valence-corrected chi connectivity index (χ2v) is 7.22. The first kappa shape index (κ1) is 19.3. The number of benzene rings is 1. The zero-order chi connectivity index (χ0) is 19.2. The summed E-state index contributed by atoms with van der Waals surface area (Å²) in [7, 11) is 4.01. The number of nitrogens with two attached hydrogens (primary N) is 1. The van der Waals surface area contributed by atoms with Gasteiger partial charge >= 0.3 is 0 Å². The van der Waals surface area contributed by atoms with Gasteiger partial charge in [-0.1, -0.05) is 36.8 Å². The third-order valence-electron chi connectivity index (χ3n) is 4.95. The van der Waals surface area contributed by atoms with Crippen molar-refractivity contribution in [3.8, 4) is 11.4 Å². The van der Waals surface area contributed by atoms with Gasteiger partial charge in [0.1, 0.15) is 5.82 Å². The largest absolute Gasteiger partial charge is 0.362 e. The molecule has 1 aromatic carbocycles. The van der Waals surface area contributed by atoms with Crippen LogP contribution in [0.3, 0.4) is 0 Å². The lowest BCUT2D eigenvalue weighted by atomic mass is 10.0. The summed E-state index contributed by atoms with van der Waals surface area (Å²) in [6.07, 6.45) is 4.29. The Bertz CT molecular complexity index is 776. The van der Waals surface area contributed by atoms with Gasteiger partial charge in [-0.3, -0.25) is 4.79 Å². The summed E-state index contributed by atoms with van der Waals surface area (Å²) in [5, 5.41) is 0. The molecule has 0 bridgehead atoms. The van der Waals surface area contributed by atoms with E-state index in [1.165, 1.54) is 0 Å². The Balaban J connectivity index is 1.82. The molecule has 1 aromatic heterocycles. The summed E-state index contributed by atoms with van der Waals surface area (Å²) in [6.45, 7) is 1.99. The van der Waals surface area contributed by atoms with Gasteiger partial charge in [-0.05, 0) is 25.8 Å². The number of carbonyl (C=O) groups is 1. The van der Waals surface area contributed by atoms with E-state index in [1.807, 2.05) is 54.2 Å². The van der Waals surface area contributed by atoms with Gasteiger partial charge in [-0.15, -0.1) is 0 Å². The topological polar surface area (TPSA) is 75.4 Å². The molecule has 2 N–H and O–H groups in total. The van der Waals surface area contributed by atoms with Crippen LogP contribution in [0.5, 0.6) is 0 Å². The van der Waals surface area contributed by atoms with E-state index >= 15 is 0 Å². The van der Waals surface area contributed by atoms with Crippen LogP contribution in [-0.2, 0) is 17.8 Å². The van der Waals surface area contributed by atoms with Crippen LogP contribution in [-0.4, -0.2) is 48.0 Å². The Labute approximate surface area is 161 Å². The molecule has 0 aliphatic carbocycles. The summed E-state index contributed by atoms with van der Waals surface area (Å²) in [5.41, 5.74) is 8.65. The van der Waals surface area contributed by atoms with E-state index in [0.717, 1.165) is 60.7 Å². The van der Waals surface area contributed by atoms with Gasteiger partial charge < -0.3 is 15.5 Å². The molecule has 0 saturated heterocycles. The van der Waals surface area contributed by atoms with Gasteiger partial charge in [0.15, 0.2) is 5.82 Å². The number of carbonyl (C=O) groups excluding carboxylic acids is 1. The summed E-state index contributed by atoms with van der Waals surface area (Å²) in [5.74, 6) is 1.88. The Morgan fingerprint density at radius 3 is 2.63 bits per heavy atom. The van der Waals surface area contributed by atoms with Gasteiger partial charge in [0.05, 0.1) is 12.2 Å². The van der Waals surface area contributed by atoms with E-state index in [0.29, 0.717) is 19.5 Å². The summed E-state index contributed by atoms with van der Waals surface area (Å²) < 4.78 is 0. The lowest BCUT2D eigenvalue weighted by molar-refractivity contribution is -0.132. The lowest BCUT2D eigenvalue weighted by Gasteiger charge is -2.30. The zero-order valence-electron chi connectivity index (χ0n) is 16.3. The monoisotopic (exact) mass is 367 g/mol. The Hall–Kier alpha value is -2.47. The van der Waals surface area contributed by atoms with Crippen molar-refractivity contribution in [2.24, 2.45) is 5.73 Å². The second-order valence-electron chi connectivity index (χ2n) is 7.22. The molecule has 0 spiro atoms. The SMILES string of the molecule is CN(C)c1nc(-c2ccccc2)nc2c1CCN(C(=O)CCCCCN)C2. The smallest absolute Gasteiger partial charge is 0.222 e. The molecule has 1 aliphatic heterocycles. The number of aromatic nitrogens is 2. The minimum Gasteiger partial charge on any atom is -0.362 e. The third-order valence-corrected chi connectivity index (χ3v) is 4.95. The van der Waals surface area contributed by atoms with E-state index in [9.17, 15) is 4.79 Å². The summed E-state index contributed by atoms with van der Waals surface area (Å²) >= 11 is 0. The van der Waals surface area contributed by atoms with Gasteiger partial charge in [-0.2, -0.15) is 0 Å². The van der Waals surface area contributed by atoms with Crippen molar-refractivity contribution >= 4 is 11.7 Å². The maximum Gasteiger partial charge on any atom is 0.222 e. The van der Waals surface area contributed by atoms with Crippen molar-refractivity contribution in [1.29, 1.82) is 0 Å². The van der Waals surface area contributed by atoms with E-state index < -0.39 is 0 Å². The number of nitrogens with zero attached hydrogens (tertiary/aromatic N) is 4. The highest BCUT2D eigenvalue weighted by Crippen LogP contribution is 2.28. The summed E-state index contributed by atoms with van der Waals surface area (Å²) in [6, 6.07) is 10.0. The van der Waals surface area contributed by atoms with Crippen LogP contribution in [0.2, 0.25) is 0 Å². The highest BCUT2D eigenvalue weighted by molar-refractivity contribution is 5.76. The zero-order valence-corrected chi connectivity index (χ0v) is 16.3. The predicted octanol–water partition coefficient (Wildman–Crippen LogP) is 2.61. The molecule has 6 heteroatoms. The number of unbranched alkanes of at least 4 members (excludes halogenated alkanes) is 2. The van der Waals surface area contributed by atoms with Crippen LogP contribution in [0.4, 0.5) is 5.82 Å². The van der Waals surface area contributed by atoms with Gasteiger partial charge in [0, 0.05) is 38.2 Å². The fourth-order valence-corrected chi connectivity index (χ4v) is 3.47. The molecule has 0 atom stereocenters. The number of amides is 1. The maximum absolute atomic E-state index is 12.6. The average Bonchev–Trinajstić information content (AvgIpc) is 2.70.